The summed E-state index contributed by atoms with van der Waals surface area (Å²) in [5.74, 6) is 1.28. The summed E-state index contributed by atoms with van der Waals surface area (Å²) in [6, 6.07) is 15.0. The van der Waals surface area contributed by atoms with Crippen molar-refractivity contribution in [2.75, 3.05) is 0 Å². The van der Waals surface area contributed by atoms with Crippen molar-refractivity contribution in [2.24, 2.45) is 5.92 Å². The summed E-state index contributed by atoms with van der Waals surface area (Å²) in [5.41, 5.74) is 2.71. The first-order chi connectivity index (χ1) is 19.0. The number of hydrogen-bond donors (Lipinski definition) is 1. The Balaban J connectivity index is 1.20. The Hall–Kier alpha value is -4.31. The average Bonchev–Trinajstić information content (AvgIpc) is 3.58. The Morgan fingerprint density at radius 3 is 2.59 bits per heavy atom. The van der Waals surface area contributed by atoms with Gasteiger partial charge in [0.1, 0.15) is 5.82 Å². The number of halogens is 1. The average molecular weight is 543 g/mol. The normalized spacial score (nSPS) is 17.4. The number of aryl methyl sites for hydroxylation is 1. The lowest BCUT2D eigenvalue weighted by Gasteiger charge is -2.29. The Morgan fingerprint density at radius 2 is 1.82 bits per heavy atom. The van der Waals surface area contributed by atoms with Gasteiger partial charge >= 0.3 is 5.69 Å². The summed E-state index contributed by atoms with van der Waals surface area (Å²) in [6.45, 7) is 2.41. The maximum atomic E-state index is 13.8. The molecule has 0 unspecified atom stereocenters. The molecular formula is C28H27ClN8O2. The van der Waals surface area contributed by atoms with Crippen molar-refractivity contribution >= 4 is 28.5 Å². The summed E-state index contributed by atoms with van der Waals surface area (Å²) in [4.78, 5) is 35.5. The number of amides is 1. The fourth-order valence-electron chi connectivity index (χ4n) is 5.35. The molecule has 10 nitrogen and oxygen atoms in total. The molecule has 0 aliphatic heterocycles. The largest absolute Gasteiger partial charge is 0.349 e. The summed E-state index contributed by atoms with van der Waals surface area (Å²) >= 11 is 6.04. The van der Waals surface area contributed by atoms with Gasteiger partial charge in [-0.3, -0.25) is 14.3 Å². The molecule has 1 N–H and O–H groups in total. The lowest BCUT2D eigenvalue weighted by Crippen LogP contribution is -2.39. The van der Waals surface area contributed by atoms with E-state index < -0.39 is 0 Å². The van der Waals surface area contributed by atoms with Crippen molar-refractivity contribution in [3.05, 3.63) is 93.9 Å². The van der Waals surface area contributed by atoms with Crippen LogP contribution in [0, 0.1) is 12.8 Å². The number of nitrogens with one attached hydrogen (secondary N) is 1. The van der Waals surface area contributed by atoms with E-state index in [0.29, 0.717) is 40.4 Å². The van der Waals surface area contributed by atoms with Gasteiger partial charge in [-0.2, -0.15) is 0 Å². The van der Waals surface area contributed by atoms with E-state index in [4.69, 9.17) is 11.6 Å². The molecule has 0 radical (unpaired) electrons. The fraction of sp³-hybridized carbons (Fsp3) is 0.286. The van der Waals surface area contributed by atoms with E-state index in [0.717, 1.165) is 36.7 Å². The van der Waals surface area contributed by atoms with Crippen molar-refractivity contribution in [2.45, 2.75) is 45.2 Å². The SMILES string of the molecule is Cc1ncc(Cl)cc1C(=O)N[C@H]1CC[C@H](Cn2c(=O)n(-c3cccc(-n4ccnn4)n3)c3ccccc32)CC1. The molecular weight excluding hydrogens is 516 g/mol. The van der Waals surface area contributed by atoms with Crippen LogP contribution in [0.4, 0.5) is 0 Å². The smallest absolute Gasteiger partial charge is 0.334 e. The summed E-state index contributed by atoms with van der Waals surface area (Å²) in [6.07, 6.45) is 8.34. The zero-order chi connectivity index (χ0) is 26.9. The summed E-state index contributed by atoms with van der Waals surface area (Å²) in [5, 5.41) is 11.4. The van der Waals surface area contributed by atoms with Gasteiger partial charge in [0, 0.05) is 18.8 Å². The lowest BCUT2D eigenvalue weighted by molar-refractivity contribution is 0.0919. The van der Waals surface area contributed by atoms with E-state index in [2.05, 4.69) is 25.6 Å². The third kappa shape index (κ3) is 4.95. The zero-order valence-electron chi connectivity index (χ0n) is 21.4. The van der Waals surface area contributed by atoms with Crippen LogP contribution in [0.3, 0.4) is 0 Å². The van der Waals surface area contributed by atoms with Gasteiger partial charge in [-0.15, -0.1) is 5.10 Å². The number of carbonyl (C=O) groups excluding carboxylic acids is 1. The van der Waals surface area contributed by atoms with E-state index in [1.807, 2.05) is 47.0 Å². The minimum atomic E-state index is -0.147. The van der Waals surface area contributed by atoms with Gasteiger partial charge in [0.2, 0.25) is 0 Å². The quantitative estimate of drug-likeness (QED) is 0.345. The Labute approximate surface area is 229 Å². The van der Waals surface area contributed by atoms with Crippen LogP contribution in [-0.2, 0) is 6.54 Å². The van der Waals surface area contributed by atoms with Crippen LogP contribution in [0.5, 0.6) is 0 Å². The lowest BCUT2D eigenvalue weighted by atomic mass is 9.85. The molecule has 4 aromatic heterocycles. The number of carbonyl (C=O) groups is 1. The highest BCUT2D eigenvalue weighted by atomic mass is 35.5. The van der Waals surface area contributed by atoms with Gasteiger partial charge in [-0.25, -0.2) is 19.0 Å². The molecule has 1 aromatic carbocycles. The zero-order valence-corrected chi connectivity index (χ0v) is 22.1. The number of aromatic nitrogens is 7. The molecule has 39 heavy (non-hydrogen) atoms. The number of nitrogens with zero attached hydrogens (tertiary/aromatic N) is 7. The number of rotatable bonds is 6. The van der Waals surface area contributed by atoms with Gasteiger partial charge in [0.05, 0.1) is 39.7 Å². The maximum Gasteiger partial charge on any atom is 0.334 e. The van der Waals surface area contributed by atoms with Crippen molar-refractivity contribution in [1.29, 1.82) is 0 Å². The summed E-state index contributed by atoms with van der Waals surface area (Å²) < 4.78 is 5.07. The molecule has 1 fully saturated rings. The van der Waals surface area contributed by atoms with Crippen LogP contribution in [0.2, 0.25) is 5.02 Å². The van der Waals surface area contributed by atoms with Crippen LogP contribution in [-0.4, -0.2) is 46.0 Å². The van der Waals surface area contributed by atoms with E-state index in [9.17, 15) is 9.59 Å². The third-order valence-corrected chi connectivity index (χ3v) is 7.57. The molecule has 198 valence electrons. The van der Waals surface area contributed by atoms with E-state index >= 15 is 0 Å². The standard InChI is InChI=1S/C28H27ClN8O2/c1-18-22(15-20(29)16-30-18)27(38)32-21-11-9-19(10-12-21)17-35-23-5-2-3-6-24(23)37(28(35)39)26-8-4-7-25(33-26)36-14-13-31-34-36/h2-8,13-16,19,21H,9-12,17H2,1H3,(H,32,38)/t19-,21-. The first-order valence-corrected chi connectivity index (χ1v) is 13.3. The first kappa shape index (κ1) is 25.0. The van der Waals surface area contributed by atoms with Gasteiger partial charge in [0.25, 0.3) is 5.91 Å². The van der Waals surface area contributed by atoms with Gasteiger partial charge in [-0.1, -0.05) is 35.0 Å². The van der Waals surface area contributed by atoms with Crippen LogP contribution < -0.4 is 11.0 Å². The van der Waals surface area contributed by atoms with Crippen LogP contribution in [0.15, 0.2) is 71.9 Å². The highest BCUT2D eigenvalue weighted by molar-refractivity contribution is 6.30. The number of hydrogen-bond acceptors (Lipinski definition) is 6. The van der Waals surface area contributed by atoms with Crippen LogP contribution in [0.1, 0.15) is 41.7 Å². The fourth-order valence-corrected chi connectivity index (χ4v) is 5.51. The van der Waals surface area contributed by atoms with Crippen molar-refractivity contribution in [1.82, 2.24) is 39.4 Å². The molecule has 0 atom stereocenters. The van der Waals surface area contributed by atoms with Gasteiger partial charge < -0.3 is 5.32 Å². The van der Waals surface area contributed by atoms with Gasteiger partial charge in [0.15, 0.2) is 5.82 Å². The Morgan fingerprint density at radius 1 is 1.05 bits per heavy atom. The molecule has 0 saturated heterocycles. The van der Waals surface area contributed by atoms with Crippen molar-refractivity contribution in [3.63, 3.8) is 0 Å². The van der Waals surface area contributed by atoms with E-state index in [-0.39, 0.29) is 17.6 Å². The molecule has 0 bridgehead atoms. The van der Waals surface area contributed by atoms with Crippen molar-refractivity contribution < 1.29 is 4.79 Å². The Kier molecular flexibility index (Phi) is 6.70. The van der Waals surface area contributed by atoms with Crippen molar-refractivity contribution in [3.8, 4) is 11.6 Å². The second-order valence-electron chi connectivity index (χ2n) is 9.90. The monoisotopic (exact) mass is 542 g/mol. The molecule has 0 spiro atoms. The highest BCUT2D eigenvalue weighted by Crippen LogP contribution is 2.28. The second-order valence-corrected chi connectivity index (χ2v) is 10.3. The van der Waals surface area contributed by atoms with Crippen LogP contribution in [0.25, 0.3) is 22.7 Å². The predicted octanol–water partition coefficient (Wildman–Crippen LogP) is 4.11. The van der Waals surface area contributed by atoms with Crippen LogP contribution >= 0.6 is 11.6 Å². The Bertz CT molecular complexity index is 1700. The summed E-state index contributed by atoms with van der Waals surface area (Å²) in [7, 11) is 0. The molecule has 1 aliphatic rings. The van der Waals surface area contributed by atoms with E-state index in [1.165, 1.54) is 0 Å². The molecule has 5 aromatic rings. The minimum Gasteiger partial charge on any atom is -0.349 e. The molecule has 1 amide bonds. The third-order valence-electron chi connectivity index (χ3n) is 7.36. The number of para-hydroxylation sites is 2. The first-order valence-electron chi connectivity index (χ1n) is 13.0. The number of pyridine rings is 2. The maximum absolute atomic E-state index is 13.8. The second kappa shape index (κ2) is 10.5. The number of imidazole rings is 1. The molecule has 11 heteroatoms. The highest BCUT2D eigenvalue weighted by Gasteiger charge is 2.26. The number of fused-ring (bicyclic) bond motifs is 1. The van der Waals surface area contributed by atoms with Gasteiger partial charge in [-0.05, 0) is 68.9 Å². The van der Waals surface area contributed by atoms with E-state index in [1.54, 1.807) is 40.8 Å². The number of benzene rings is 1. The molecule has 1 aliphatic carbocycles. The molecule has 4 heterocycles. The molecule has 6 rings (SSSR count). The molecule has 1 saturated carbocycles. The predicted molar refractivity (Wildman–Crippen MR) is 147 cm³/mol. The minimum absolute atomic E-state index is 0.0777. The topological polar surface area (TPSA) is 113 Å².